The van der Waals surface area contributed by atoms with Gasteiger partial charge in [-0.25, -0.2) is 14.1 Å². The first kappa shape index (κ1) is 38.2. The summed E-state index contributed by atoms with van der Waals surface area (Å²) in [6, 6.07) is 9.34. The van der Waals surface area contributed by atoms with Gasteiger partial charge in [-0.2, -0.15) is 10.2 Å². The molecule has 3 N–H and O–H groups in total. The molecule has 2 fully saturated rings. The zero-order valence-corrected chi connectivity index (χ0v) is 31.0. The summed E-state index contributed by atoms with van der Waals surface area (Å²) in [5.74, 6) is -1.35. The summed E-state index contributed by atoms with van der Waals surface area (Å²) in [5, 5.41) is 7.05. The number of nitrogen functional groups attached to an aromatic ring is 1. The first-order chi connectivity index (χ1) is 24.1. The Bertz CT molecular complexity index is 1770. The Hall–Kier alpha value is -4.04. The van der Waals surface area contributed by atoms with Gasteiger partial charge in [0.15, 0.2) is 18.0 Å². The zero-order chi connectivity index (χ0) is 37.1. The number of fused-ring (bicyclic) bond motifs is 1. The minimum absolute atomic E-state index is 0.0153. The summed E-state index contributed by atoms with van der Waals surface area (Å²) in [7, 11) is -4.38. The van der Waals surface area contributed by atoms with Crippen molar-refractivity contribution >= 4 is 37.0 Å². The normalized spacial score (nSPS) is 23.9. The molecule has 1 aromatic carbocycles. The van der Waals surface area contributed by atoms with Gasteiger partial charge >= 0.3 is 25.7 Å². The molecule has 5 rings (SSSR count). The molecule has 0 amide bonds. The molecule has 3 aromatic rings. The van der Waals surface area contributed by atoms with E-state index in [9.17, 15) is 18.9 Å². The largest absolute Gasteiger partial charge is 0.461 e. The van der Waals surface area contributed by atoms with Crippen LogP contribution in [0.5, 0.6) is 5.75 Å². The van der Waals surface area contributed by atoms with E-state index in [1.54, 1.807) is 45.0 Å². The maximum atomic E-state index is 14.6. The number of esters is 3. The standard InChI is InChI=1S/C35H48N5O10P/c1-8-28(41)47-30-26(49-35(7,31(30)48-29(42)9-2)27-18-17-25-32(36)37-20-38-40(25)27)19-45-51(44,39-21(3)33(43)46-23-11-10-12-23)50-24-15-13-22(14-16-24)34(4,5)6/h13-18,20-21,23,26,30-31H,8-12,19H2,1-7H3,(H,39,44)(H2,36,37,38)/t21-,26+,30+,31+,35-,51?/m0/s1. The Morgan fingerprint density at radius 2 is 1.73 bits per heavy atom. The van der Waals surface area contributed by atoms with Crippen molar-refractivity contribution in [1.29, 1.82) is 0 Å². The van der Waals surface area contributed by atoms with Crippen molar-refractivity contribution in [2.45, 2.75) is 122 Å². The van der Waals surface area contributed by atoms with Crippen molar-refractivity contribution in [2.75, 3.05) is 12.3 Å². The first-order valence-corrected chi connectivity index (χ1v) is 18.8. The Labute approximate surface area is 297 Å². The second-order valence-corrected chi connectivity index (χ2v) is 15.7. The van der Waals surface area contributed by atoms with Crippen LogP contribution in [0.2, 0.25) is 0 Å². The van der Waals surface area contributed by atoms with Crippen molar-refractivity contribution in [1.82, 2.24) is 19.7 Å². The number of nitrogens with one attached hydrogen (secondary N) is 1. The van der Waals surface area contributed by atoms with Gasteiger partial charge in [-0.3, -0.25) is 18.9 Å². The molecule has 6 atom stereocenters. The lowest BCUT2D eigenvalue weighted by molar-refractivity contribution is -0.170. The number of aromatic nitrogens is 3. The third-order valence-corrected chi connectivity index (χ3v) is 10.7. The highest BCUT2D eigenvalue weighted by Gasteiger charge is 2.59. The van der Waals surface area contributed by atoms with Gasteiger partial charge in [-0.15, -0.1) is 0 Å². The first-order valence-electron chi connectivity index (χ1n) is 17.2. The quantitative estimate of drug-likeness (QED) is 0.126. The number of anilines is 1. The van der Waals surface area contributed by atoms with Crippen LogP contribution < -0.4 is 15.3 Å². The van der Waals surface area contributed by atoms with E-state index in [4.69, 9.17) is 33.7 Å². The van der Waals surface area contributed by atoms with E-state index >= 15 is 0 Å². The predicted molar refractivity (Wildman–Crippen MR) is 186 cm³/mol. The molecule has 1 unspecified atom stereocenters. The molecule has 3 heterocycles. The SMILES string of the molecule is CCC(=O)O[C@H]1[C@@H](OC(=O)CC)[C@](C)(c2ccc3c(N)ncnn23)O[C@@H]1COP(=O)(N[C@@H](C)C(=O)OC1CCC1)Oc1ccc(C(C)(C)C)cc1. The molecular weight excluding hydrogens is 681 g/mol. The zero-order valence-electron chi connectivity index (χ0n) is 30.1. The summed E-state index contributed by atoms with van der Waals surface area (Å²) in [4.78, 5) is 42.6. The fraction of sp³-hybridized carbons (Fsp3) is 0.571. The van der Waals surface area contributed by atoms with Crippen molar-refractivity contribution in [2.24, 2.45) is 0 Å². The summed E-state index contributed by atoms with van der Waals surface area (Å²) >= 11 is 0. The van der Waals surface area contributed by atoms with Crippen molar-refractivity contribution in [3.8, 4) is 5.75 Å². The van der Waals surface area contributed by atoms with Crippen LogP contribution in [-0.4, -0.2) is 69.6 Å². The molecule has 278 valence electrons. The Balaban J connectivity index is 1.48. The van der Waals surface area contributed by atoms with Crippen LogP contribution in [0, 0.1) is 0 Å². The number of carbonyl (C=O) groups excluding carboxylic acids is 3. The van der Waals surface area contributed by atoms with Crippen LogP contribution in [0.3, 0.4) is 0 Å². The van der Waals surface area contributed by atoms with Gasteiger partial charge in [0.1, 0.15) is 41.4 Å². The highest BCUT2D eigenvalue weighted by Crippen LogP contribution is 2.49. The number of rotatable bonds is 14. The number of hydrogen-bond donors (Lipinski definition) is 2. The van der Waals surface area contributed by atoms with Crippen LogP contribution in [0.1, 0.15) is 91.8 Å². The van der Waals surface area contributed by atoms with Crippen LogP contribution in [0.25, 0.3) is 5.52 Å². The summed E-state index contributed by atoms with van der Waals surface area (Å²) < 4.78 is 52.0. The number of nitrogens with two attached hydrogens (primary N) is 1. The molecule has 51 heavy (non-hydrogen) atoms. The number of benzene rings is 1. The maximum absolute atomic E-state index is 14.6. The third-order valence-electron chi connectivity index (χ3n) is 9.09. The number of ether oxygens (including phenoxy) is 4. The van der Waals surface area contributed by atoms with Crippen molar-refractivity contribution in [3.63, 3.8) is 0 Å². The molecule has 2 aromatic heterocycles. The van der Waals surface area contributed by atoms with Gasteiger partial charge < -0.3 is 29.2 Å². The van der Waals surface area contributed by atoms with E-state index in [-0.39, 0.29) is 35.9 Å². The molecule has 2 aliphatic rings. The monoisotopic (exact) mass is 729 g/mol. The molecule has 1 saturated heterocycles. The minimum atomic E-state index is -4.38. The van der Waals surface area contributed by atoms with E-state index < -0.39 is 62.2 Å². The Morgan fingerprint density at radius 1 is 1.06 bits per heavy atom. The van der Waals surface area contributed by atoms with Gasteiger partial charge in [-0.05, 0) is 68.4 Å². The lowest BCUT2D eigenvalue weighted by Crippen LogP contribution is -2.45. The molecule has 16 heteroatoms. The van der Waals surface area contributed by atoms with E-state index in [0.29, 0.717) is 11.2 Å². The molecular formula is C35H48N5O10P. The van der Waals surface area contributed by atoms with E-state index in [2.05, 4.69) is 35.9 Å². The lowest BCUT2D eigenvalue weighted by Gasteiger charge is -2.31. The van der Waals surface area contributed by atoms with Crippen LogP contribution in [0.4, 0.5) is 5.82 Å². The maximum Gasteiger partial charge on any atom is 0.459 e. The molecule has 0 radical (unpaired) electrons. The highest BCUT2D eigenvalue weighted by molar-refractivity contribution is 7.52. The second-order valence-electron chi connectivity index (χ2n) is 14.0. The lowest BCUT2D eigenvalue weighted by atomic mass is 9.87. The summed E-state index contributed by atoms with van der Waals surface area (Å²) in [6.07, 6.45) is 0.0503. The highest BCUT2D eigenvalue weighted by atomic mass is 31.2. The number of hydrogen-bond acceptors (Lipinski definition) is 13. The molecule has 1 aliphatic heterocycles. The second kappa shape index (κ2) is 15.3. The van der Waals surface area contributed by atoms with Gasteiger partial charge in [-0.1, -0.05) is 46.8 Å². The molecule has 0 bridgehead atoms. The van der Waals surface area contributed by atoms with Crippen LogP contribution in [-0.2, 0) is 53.4 Å². The smallest absolute Gasteiger partial charge is 0.459 e. The minimum Gasteiger partial charge on any atom is -0.461 e. The van der Waals surface area contributed by atoms with Crippen LogP contribution >= 0.6 is 7.75 Å². The van der Waals surface area contributed by atoms with Gasteiger partial charge in [0.2, 0.25) is 0 Å². The number of nitrogens with zero attached hydrogens (tertiary/aromatic N) is 3. The Kier molecular flexibility index (Phi) is 11.4. The summed E-state index contributed by atoms with van der Waals surface area (Å²) in [5.41, 5.74) is 6.39. The van der Waals surface area contributed by atoms with Crippen molar-refractivity contribution in [3.05, 3.63) is 54.0 Å². The Morgan fingerprint density at radius 3 is 2.33 bits per heavy atom. The fourth-order valence-corrected chi connectivity index (χ4v) is 7.36. The predicted octanol–water partition coefficient (Wildman–Crippen LogP) is 5.14. The van der Waals surface area contributed by atoms with E-state index in [1.807, 2.05) is 12.1 Å². The van der Waals surface area contributed by atoms with Gasteiger partial charge in [0.05, 0.1) is 12.3 Å². The fourth-order valence-electron chi connectivity index (χ4n) is 5.86. The van der Waals surface area contributed by atoms with Crippen LogP contribution in [0.15, 0.2) is 42.7 Å². The van der Waals surface area contributed by atoms with Gasteiger partial charge in [0, 0.05) is 12.8 Å². The average Bonchev–Trinajstić information content (AvgIpc) is 3.62. The topological polar surface area (TPSA) is 192 Å². The third kappa shape index (κ3) is 8.54. The molecule has 1 saturated carbocycles. The average molecular weight is 730 g/mol. The van der Waals surface area contributed by atoms with E-state index in [1.165, 1.54) is 17.8 Å². The molecule has 1 aliphatic carbocycles. The van der Waals surface area contributed by atoms with E-state index in [0.717, 1.165) is 24.8 Å². The molecule has 0 spiro atoms. The summed E-state index contributed by atoms with van der Waals surface area (Å²) in [6.45, 7) is 12.1. The molecule has 15 nitrogen and oxygen atoms in total. The van der Waals surface area contributed by atoms with Crippen molar-refractivity contribution < 1.29 is 46.9 Å². The number of carbonyl (C=O) groups is 3. The van der Waals surface area contributed by atoms with Gasteiger partial charge in [0.25, 0.3) is 0 Å².